The maximum Gasteiger partial charge on any atom is 0.309 e. The fraction of sp³-hybridized carbons (Fsp3) is 0.167. The molecular weight excluding hydrogens is 353 g/mol. The number of rotatable bonds is 5. The molecule has 0 aliphatic heterocycles. The highest BCUT2D eigenvalue weighted by atomic mass is 79.9. The zero-order chi connectivity index (χ0) is 13.8. The Hall–Kier alpha value is -0.920. The van der Waals surface area contributed by atoms with E-state index in [2.05, 4.69) is 20.9 Å². The second-order valence-electron chi connectivity index (χ2n) is 3.70. The van der Waals surface area contributed by atoms with Crippen molar-refractivity contribution in [3.05, 3.63) is 45.1 Å². The Morgan fingerprint density at radius 1 is 1.53 bits per heavy atom. The summed E-state index contributed by atoms with van der Waals surface area (Å²) < 4.78 is 14.5. The van der Waals surface area contributed by atoms with Crippen molar-refractivity contribution in [1.82, 2.24) is 4.98 Å². The molecule has 0 radical (unpaired) electrons. The molecule has 2 aromatic rings. The van der Waals surface area contributed by atoms with Crippen LogP contribution in [0.1, 0.15) is 11.3 Å². The Bertz CT molecular complexity index is 603. The lowest BCUT2D eigenvalue weighted by Gasteiger charge is -2.02. The Kier molecular flexibility index (Phi) is 4.95. The van der Waals surface area contributed by atoms with Gasteiger partial charge in [0.15, 0.2) is 0 Å². The van der Waals surface area contributed by atoms with E-state index in [1.54, 1.807) is 11.4 Å². The molecule has 7 heteroatoms. The van der Waals surface area contributed by atoms with Crippen LogP contribution >= 0.6 is 39.0 Å². The van der Waals surface area contributed by atoms with Gasteiger partial charge in [-0.3, -0.25) is 4.79 Å². The minimum absolute atomic E-state index is 0.0582. The number of benzene rings is 1. The molecular formula is C12H9BrFNO2S2. The molecule has 0 unspecified atom stereocenters. The average Bonchev–Trinajstić information content (AvgIpc) is 2.74. The van der Waals surface area contributed by atoms with E-state index >= 15 is 0 Å². The van der Waals surface area contributed by atoms with Crippen molar-refractivity contribution >= 4 is 45.0 Å². The highest BCUT2D eigenvalue weighted by Crippen LogP contribution is 2.29. The molecule has 0 atom stereocenters. The predicted octanol–water partition coefficient (Wildman–Crippen LogP) is 3.96. The maximum atomic E-state index is 12.9. The van der Waals surface area contributed by atoms with Crippen molar-refractivity contribution in [2.75, 3.05) is 0 Å². The van der Waals surface area contributed by atoms with Crippen LogP contribution in [0.4, 0.5) is 4.39 Å². The molecule has 2 rings (SSSR count). The minimum Gasteiger partial charge on any atom is -0.481 e. The predicted molar refractivity (Wildman–Crippen MR) is 77.1 cm³/mol. The van der Waals surface area contributed by atoms with Crippen LogP contribution in [0.15, 0.2) is 32.4 Å². The number of hydrogen-bond donors (Lipinski definition) is 1. The molecule has 19 heavy (non-hydrogen) atoms. The number of carboxylic acids is 1. The van der Waals surface area contributed by atoms with Crippen molar-refractivity contribution in [2.45, 2.75) is 16.5 Å². The summed E-state index contributed by atoms with van der Waals surface area (Å²) in [5.41, 5.74) is 1.54. The Labute approximate surface area is 126 Å². The van der Waals surface area contributed by atoms with Crippen LogP contribution in [0.2, 0.25) is 0 Å². The van der Waals surface area contributed by atoms with Crippen LogP contribution in [-0.2, 0) is 17.0 Å². The monoisotopic (exact) mass is 361 g/mol. The number of hydrogen-bond acceptors (Lipinski definition) is 4. The van der Waals surface area contributed by atoms with Crippen molar-refractivity contribution in [3.63, 3.8) is 0 Å². The van der Waals surface area contributed by atoms with E-state index < -0.39 is 5.97 Å². The quantitative estimate of drug-likeness (QED) is 0.818. The normalized spacial score (nSPS) is 10.6. The first-order valence-corrected chi connectivity index (χ1v) is 7.93. The number of aliphatic carboxylic acids is 1. The van der Waals surface area contributed by atoms with Crippen LogP contribution in [-0.4, -0.2) is 16.1 Å². The zero-order valence-corrected chi connectivity index (χ0v) is 12.8. The summed E-state index contributed by atoms with van der Waals surface area (Å²) in [6.07, 6.45) is -0.0582. The second kappa shape index (κ2) is 6.49. The Morgan fingerprint density at radius 2 is 2.32 bits per heavy atom. The topological polar surface area (TPSA) is 50.2 Å². The van der Waals surface area contributed by atoms with Gasteiger partial charge in [-0.15, -0.1) is 11.3 Å². The molecule has 0 amide bonds. The van der Waals surface area contributed by atoms with Gasteiger partial charge in [-0.05, 0) is 17.7 Å². The van der Waals surface area contributed by atoms with Crippen LogP contribution in [0, 0.1) is 5.82 Å². The smallest absolute Gasteiger partial charge is 0.309 e. The van der Waals surface area contributed by atoms with Gasteiger partial charge in [-0.2, -0.15) is 0 Å². The third kappa shape index (κ3) is 4.29. The SMILES string of the molecule is O=C(O)Cc1csc(SCc2ccc(F)cc2Br)n1. The Morgan fingerprint density at radius 3 is 3.00 bits per heavy atom. The number of thioether (sulfide) groups is 1. The first-order valence-electron chi connectivity index (χ1n) is 5.27. The standard InChI is InChI=1S/C12H9BrFNO2S2/c13-10-3-8(14)2-1-7(10)5-18-12-15-9(6-19-12)4-11(16)17/h1-3,6H,4-5H2,(H,16,17). The van der Waals surface area contributed by atoms with E-state index in [9.17, 15) is 9.18 Å². The molecule has 0 fully saturated rings. The minimum atomic E-state index is -0.886. The Balaban J connectivity index is 1.98. The number of thiazole rings is 1. The molecule has 0 aliphatic carbocycles. The fourth-order valence-electron chi connectivity index (χ4n) is 1.37. The fourth-order valence-corrected chi connectivity index (χ4v) is 3.89. The molecule has 0 bridgehead atoms. The lowest BCUT2D eigenvalue weighted by atomic mass is 10.2. The summed E-state index contributed by atoms with van der Waals surface area (Å²) in [6.45, 7) is 0. The van der Waals surface area contributed by atoms with Crippen molar-refractivity contribution in [2.24, 2.45) is 0 Å². The highest BCUT2D eigenvalue weighted by molar-refractivity contribution is 9.10. The average molecular weight is 362 g/mol. The molecule has 1 heterocycles. The van der Waals surface area contributed by atoms with Gasteiger partial charge < -0.3 is 5.11 Å². The third-order valence-corrected chi connectivity index (χ3v) is 5.09. The van der Waals surface area contributed by atoms with Gasteiger partial charge in [0.25, 0.3) is 0 Å². The second-order valence-corrected chi connectivity index (χ2v) is 6.63. The maximum absolute atomic E-state index is 12.9. The highest BCUT2D eigenvalue weighted by Gasteiger charge is 2.08. The van der Waals surface area contributed by atoms with Crippen molar-refractivity contribution < 1.29 is 14.3 Å². The van der Waals surface area contributed by atoms with E-state index in [0.717, 1.165) is 14.4 Å². The van der Waals surface area contributed by atoms with Gasteiger partial charge in [0.1, 0.15) is 10.2 Å². The van der Waals surface area contributed by atoms with Crippen LogP contribution in [0.25, 0.3) is 0 Å². The first-order chi connectivity index (χ1) is 9.04. The number of carboxylic acid groups (broad SMARTS) is 1. The van der Waals surface area contributed by atoms with Gasteiger partial charge in [0.05, 0.1) is 12.1 Å². The van der Waals surface area contributed by atoms with Gasteiger partial charge in [0.2, 0.25) is 0 Å². The van der Waals surface area contributed by atoms with Crippen LogP contribution in [0.3, 0.4) is 0 Å². The van der Waals surface area contributed by atoms with Crippen LogP contribution in [0.5, 0.6) is 0 Å². The summed E-state index contributed by atoms with van der Waals surface area (Å²) in [4.78, 5) is 14.8. The van der Waals surface area contributed by atoms with Crippen molar-refractivity contribution in [3.8, 4) is 0 Å². The van der Waals surface area contributed by atoms with Crippen LogP contribution < -0.4 is 0 Å². The van der Waals surface area contributed by atoms with E-state index in [4.69, 9.17) is 5.11 Å². The lowest BCUT2D eigenvalue weighted by Crippen LogP contribution is -1.99. The molecule has 100 valence electrons. The van der Waals surface area contributed by atoms with Gasteiger partial charge in [-0.25, -0.2) is 9.37 Å². The summed E-state index contributed by atoms with van der Waals surface area (Å²) >= 11 is 6.23. The molecule has 0 saturated heterocycles. The first kappa shape index (κ1) is 14.5. The number of carbonyl (C=O) groups is 1. The molecule has 1 aromatic carbocycles. The largest absolute Gasteiger partial charge is 0.481 e. The molecule has 0 saturated carbocycles. The summed E-state index contributed by atoms with van der Waals surface area (Å²) in [7, 11) is 0. The molecule has 1 aromatic heterocycles. The van der Waals surface area contributed by atoms with Gasteiger partial charge in [-0.1, -0.05) is 33.8 Å². The summed E-state index contributed by atoms with van der Waals surface area (Å²) in [6, 6.07) is 4.56. The molecule has 0 aliphatic rings. The van der Waals surface area contributed by atoms with E-state index in [1.165, 1.54) is 35.2 Å². The summed E-state index contributed by atoms with van der Waals surface area (Å²) in [5.74, 6) is -0.511. The molecule has 0 spiro atoms. The number of halogens is 2. The number of nitrogens with zero attached hydrogens (tertiary/aromatic N) is 1. The van der Waals surface area contributed by atoms with Crippen molar-refractivity contribution in [1.29, 1.82) is 0 Å². The van der Waals surface area contributed by atoms with E-state index in [-0.39, 0.29) is 12.2 Å². The third-order valence-electron chi connectivity index (χ3n) is 2.23. The lowest BCUT2D eigenvalue weighted by molar-refractivity contribution is -0.136. The van der Waals surface area contributed by atoms with E-state index in [1.807, 2.05) is 0 Å². The zero-order valence-electron chi connectivity index (χ0n) is 9.60. The number of aromatic nitrogens is 1. The van der Waals surface area contributed by atoms with Gasteiger partial charge in [0, 0.05) is 15.6 Å². The molecule has 3 nitrogen and oxygen atoms in total. The summed E-state index contributed by atoms with van der Waals surface area (Å²) in [5, 5.41) is 10.4. The van der Waals surface area contributed by atoms with E-state index in [0.29, 0.717) is 11.4 Å². The molecule has 1 N–H and O–H groups in total. The van der Waals surface area contributed by atoms with Gasteiger partial charge >= 0.3 is 5.97 Å².